The predicted molar refractivity (Wildman–Crippen MR) is 108 cm³/mol. The average Bonchev–Trinajstić information content (AvgIpc) is 3.09. The van der Waals surface area contributed by atoms with Crippen LogP contribution in [0.4, 0.5) is 13.9 Å². The highest BCUT2D eigenvalue weighted by Gasteiger charge is 2.14. The van der Waals surface area contributed by atoms with E-state index in [2.05, 4.69) is 15.6 Å². The molecule has 0 aliphatic heterocycles. The summed E-state index contributed by atoms with van der Waals surface area (Å²) in [4.78, 5) is 29.0. The maximum Gasteiger partial charge on any atom is 0.254 e. The number of aryl methyl sites for hydroxylation is 1. The Morgan fingerprint density at radius 1 is 1.17 bits per heavy atom. The molecule has 2 amide bonds. The first-order valence-corrected chi connectivity index (χ1v) is 9.74. The van der Waals surface area contributed by atoms with Gasteiger partial charge in [-0.25, -0.2) is 13.8 Å². The molecule has 0 fully saturated rings. The SMILES string of the molecule is Cc1ccc(Cc2cnc(NC(=O)CNC(=O)c3ccc(F)cc3F)s2)cc1Cl. The first kappa shape index (κ1) is 20.9. The molecule has 5 nitrogen and oxygen atoms in total. The molecule has 9 heteroatoms. The molecule has 0 unspecified atom stereocenters. The van der Waals surface area contributed by atoms with Crippen LogP contribution in [-0.4, -0.2) is 23.3 Å². The van der Waals surface area contributed by atoms with Crippen molar-refractivity contribution in [3.63, 3.8) is 0 Å². The van der Waals surface area contributed by atoms with Crippen LogP contribution >= 0.6 is 22.9 Å². The topological polar surface area (TPSA) is 71.1 Å². The zero-order valence-corrected chi connectivity index (χ0v) is 16.8. The molecule has 3 aromatic rings. The van der Waals surface area contributed by atoms with E-state index in [1.165, 1.54) is 11.3 Å². The third kappa shape index (κ3) is 5.58. The maximum absolute atomic E-state index is 13.6. The van der Waals surface area contributed by atoms with Gasteiger partial charge in [-0.1, -0.05) is 23.7 Å². The van der Waals surface area contributed by atoms with Crippen molar-refractivity contribution in [2.24, 2.45) is 0 Å². The van der Waals surface area contributed by atoms with Gasteiger partial charge in [0.05, 0.1) is 12.1 Å². The molecule has 0 radical (unpaired) electrons. The number of carbonyl (C=O) groups excluding carboxylic acids is 2. The van der Waals surface area contributed by atoms with Crippen molar-refractivity contribution in [3.05, 3.63) is 80.8 Å². The van der Waals surface area contributed by atoms with E-state index in [-0.39, 0.29) is 12.1 Å². The van der Waals surface area contributed by atoms with Crippen LogP contribution in [0.25, 0.3) is 0 Å². The molecular weight excluding hydrogens is 420 g/mol. The number of nitrogens with one attached hydrogen (secondary N) is 2. The number of nitrogens with zero attached hydrogens (tertiary/aromatic N) is 1. The summed E-state index contributed by atoms with van der Waals surface area (Å²) in [6.07, 6.45) is 2.27. The second-order valence-electron chi connectivity index (χ2n) is 6.25. The van der Waals surface area contributed by atoms with E-state index >= 15 is 0 Å². The largest absolute Gasteiger partial charge is 0.343 e. The Morgan fingerprint density at radius 2 is 1.97 bits per heavy atom. The lowest BCUT2D eigenvalue weighted by atomic mass is 10.1. The summed E-state index contributed by atoms with van der Waals surface area (Å²) < 4.78 is 26.5. The van der Waals surface area contributed by atoms with E-state index < -0.39 is 23.4 Å². The highest BCUT2D eigenvalue weighted by atomic mass is 35.5. The van der Waals surface area contributed by atoms with Crippen LogP contribution < -0.4 is 10.6 Å². The molecule has 0 atom stereocenters. The minimum absolute atomic E-state index is 0.340. The van der Waals surface area contributed by atoms with Gasteiger partial charge in [0, 0.05) is 28.6 Å². The standard InChI is InChI=1S/C20H16ClF2N3O2S/c1-11-2-3-12(7-16(11)21)6-14-9-25-20(29-14)26-18(27)10-24-19(28)15-5-4-13(22)8-17(15)23/h2-5,7-9H,6,10H2,1H3,(H,24,28)(H,25,26,27). The fraction of sp³-hybridized carbons (Fsp3) is 0.150. The van der Waals surface area contributed by atoms with Crippen molar-refractivity contribution in [2.75, 3.05) is 11.9 Å². The van der Waals surface area contributed by atoms with Crippen LogP contribution in [0.3, 0.4) is 0 Å². The Balaban J connectivity index is 1.53. The molecule has 29 heavy (non-hydrogen) atoms. The van der Waals surface area contributed by atoms with Gasteiger partial charge in [-0.15, -0.1) is 11.3 Å². The quantitative estimate of drug-likeness (QED) is 0.605. The summed E-state index contributed by atoms with van der Waals surface area (Å²) in [7, 11) is 0. The summed E-state index contributed by atoms with van der Waals surface area (Å²) in [6, 6.07) is 8.39. The molecule has 2 aromatic carbocycles. The zero-order valence-electron chi connectivity index (χ0n) is 15.3. The molecule has 0 saturated heterocycles. The number of rotatable bonds is 6. The first-order valence-electron chi connectivity index (χ1n) is 8.54. The van der Waals surface area contributed by atoms with Gasteiger partial charge in [0.25, 0.3) is 5.91 Å². The van der Waals surface area contributed by atoms with Gasteiger partial charge in [-0.3, -0.25) is 9.59 Å². The van der Waals surface area contributed by atoms with Crippen LogP contribution in [0.2, 0.25) is 5.02 Å². The lowest BCUT2D eigenvalue weighted by Gasteiger charge is -2.06. The zero-order chi connectivity index (χ0) is 21.0. The van der Waals surface area contributed by atoms with E-state index in [1.54, 1.807) is 6.20 Å². The minimum Gasteiger partial charge on any atom is -0.343 e. The van der Waals surface area contributed by atoms with E-state index in [4.69, 9.17) is 11.6 Å². The van der Waals surface area contributed by atoms with E-state index in [0.29, 0.717) is 22.6 Å². The molecular formula is C20H16ClF2N3O2S. The van der Waals surface area contributed by atoms with Crippen LogP contribution in [-0.2, 0) is 11.2 Å². The van der Waals surface area contributed by atoms with Gasteiger partial charge < -0.3 is 10.6 Å². The molecule has 0 spiro atoms. The van der Waals surface area contributed by atoms with E-state index in [9.17, 15) is 18.4 Å². The summed E-state index contributed by atoms with van der Waals surface area (Å²) in [5.74, 6) is -3.11. The smallest absolute Gasteiger partial charge is 0.254 e. The van der Waals surface area contributed by atoms with Crippen LogP contribution in [0, 0.1) is 18.6 Å². The summed E-state index contributed by atoms with van der Waals surface area (Å²) in [5, 5.41) is 5.93. The van der Waals surface area contributed by atoms with Crippen molar-refractivity contribution in [2.45, 2.75) is 13.3 Å². The second-order valence-corrected chi connectivity index (χ2v) is 7.77. The number of thiazole rings is 1. The monoisotopic (exact) mass is 435 g/mol. The van der Waals surface area contributed by atoms with E-state index in [0.717, 1.165) is 28.1 Å². The Labute approximate surface area is 174 Å². The van der Waals surface area contributed by atoms with Gasteiger partial charge in [0.1, 0.15) is 11.6 Å². The predicted octanol–water partition coefficient (Wildman–Crippen LogP) is 4.34. The number of amides is 2. The Hall–Kier alpha value is -2.84. The number of hydrogen-bond acceptors (Lipinski definition) is 4. The molecule has 2 N–H and O–H groups in total. The lowest BCUT2D eigenvalue weighted by molar-refractivity contribution is -0.115. The molecule has 3 rings (SSSR count). The van der Waals surface area contributed by atoms with Gasteiger partial charge in [0.2, 0.25) is 5.91 Å². The van der Waals surface area contributed by atoms with Gasteiger partial charge in [0.15, 0.2) is 5.13 Å². The number of halogens is 3. The fourth-order valence-corrected chi connectivity index (χ4v) is 3.55. The van der Waals surface area contributed by atoms with Gasteiger partial charge in [-0.05, 0) is 36.2 Å². The Bertz CT molecular complexity index is 1070. The second kappa shape index (κ2) is 9.11. The molecule has 150 valence electrons. The molecule has 1 aromatic heterocycles. The normalized spacial score (nSPS) is 10.6. The Kier molecular flexibility index (Phi) is 6.56. The fourth-order valence-electron chi connectivity index (χ4n) is 2.49. The van der Waals surface area contributed by atoms with Crippen LogP contribution in [0.5, 0.6) is 0 Å². The molecule has 0 saturated carbocycles. The van der Waals surface area contributed by atoms with Crippen molar-refractivity contribution in [1.82, 2.24) is 10.3 Å². The van der Waals surface area contributed by atoms with Crippen molar-refractivity contribution >= 4 is 39.9 Å². The number of hydrogen-bond donors (Lipinski definition) is 2. The van der Waals surface area contributed by atoms with Crippen LogP contribution in [0.15, 0.2) is 42.6 Å². The summed E-state index contributed by atoms with van der Waals surface area (Å²) in [6.45, 7) is 1.55. The maximum atomic E-state index is 13.6. The molecule has 0 aliphatic rings. The number of aromatic nitrogens is 1. The lowest BCUT2D eigenvalue weighted by Crippen LogP contribution is -2.33. The third-order valence-corrected chi connectivity index (χ3v) is 5.32. The molecule has 0 aliphatic carbocycles. The number of anilines is 1. The number of carbonyl (C=O) groups is 2. The van der Waals surface area contributed by atoms with E-state index in [1.807, 2.05) is 25.1 Å². The van der Waals surface area contributed by atoms with Crippen molar-refractivity contribution < 1.29 is 18.4 Å². The van der Waals surface area contributed by atoms with Gasteiger partial charge in [-0.2, -0.15) is 0 Å². The molecule has 1 heterocycles. The first-order chi connectivity index (χ1) is 13.8. The third-order valence-electron chi connectivity index (χ3n) is 4.00. The Morgan fingerprint density at radius 3 is 2.69 bits per heavy atom. The number of benzene rings is 2. The highest BCUT2D eigenvalue weighted by Crippen LogP contribution is 2.23. The van der Waals surface area contributed by atoms with Crippen molar-refractivity contribution in [3.8, 4) is 0 Å². The molecule has 0 bridgehead atoms. The van der Waals surface area contributed by atoms with Gasteiger partial charge >= 0.3 is 0 Å². The highest BCUT2D eigenvalue weighted by molar-refractivity contribution is 7.15. The minimum atomic E-state index is -0.997. The van der Waals surface area contributed by atoms with Crippen LogP contribution in [0.1, 0.15) is 26.4 Å². The average molecular weight is 436 g/mol. The van der Waals surface area contributed by atoms with Crippen molar-refractivity contribution in [1.29, 1.82) is 0 Å². The summed E-state index contributed by atoms with van der Waals surface area (Å²) >= 11 is 7.43. The summed E-state index contributed by atoms with van der Waals surface area (Å²) in [5.41, 5.74) is 1.68.